The van der Waals surface area contributed by atoms with Crippen LogP contribution in [0.15, 0.2) is 6.07 Å². The van der Waals surface area contributed by atoms with E-state index in [1.54, 1.807) is 6.07 Å². The largest absolute Gasteiger partial charge is 0.481 e. The lowest BCUT2D eigenvalue weighted by Crippen LogP contribution is -2.01. The Morgan fingerprint density at radius 1 is 1.29 bits per heavy atom. The second-order valence-electron chi connectivity index (χ2n) is 2.53. The molecule has 2 aromatic heterocycles. The van der Waals surface area contributed by atoms with Crippen molar-refractivity contribution in [2.24, 2.45) is 0 Å². The Bertz CT molecular complexity index is 466. The van der Waals surface area contributed by atoms with E-state index in [1.807, 2.05) is 0 Å². The van der Waals surface area contributed by atoms with Gasteiger partial charge in [-0.2, -0.15) is 14.5 Å². The molecule has 0 amide bonds. The summed E-state index contributed by atoms with van der Waals surface area (Å²) in [6.45, 7) is 0. The first-order chi connectivity index (χ1) is 6.74. The maximum atomic E-state index is 5.44. The predicted molar refractivity (Wildman–Crippen MR) is 48.3 cm³/mol. The van der Waals surface area contributed by atoms with Gasteiger partial charge in [0, 0.05) is 6.07 Å². The lowest BCUT2D eigenvalue weighted by Gasteiger charge is -2.03. The Morgan fingerprint density at radius 3 is 2.71 bits per heavy atom. The number of ether oxygens (including phenoxy) is 2. The molecule has 2 aromatic rings. The molecule has 0 fully saturated rings. The molecule has 0 radical (unpaired) electrons. The van der Waals surface area contributed by atoms with Crippen LogP contribution in [0.25, 0.3) is 5.65 Å². The van der Waals surface area contributed by atoms with Gasteiger partial charge in [0.1, 0.15) is 0 Å². The Kier molecular flexibility index (Phi) is 1.84. The summed E-state index contributed by atoms with van der Waals surface area (Å²) >= 11 is 0. The highest BCUT2D eigenvalue weighted by Gasteiger charge is 2.09. The maximum absolute atomic E-state index is 5.44. The van der Waals surface area contributed by atoms with Crippen LogP contribution in [0.2, 0.25) is 0 Å². The molecule has 2 N–H and O–H groups in total. The van der Waals surface area contributed by atoms with Crippen molar-refractivity contribution in [3.05, 3.63) is 6.07 Å². The summed E-state index contributed by atoms with van der Waals surface area (Å²) in [6.07, 6.45) is 0. The van der Waals surface area contributed by atoms with Gasteiger partial charge in [0.15, 0.2) is 5.65 Å². The lowest BCUT2D eigenvalue weighted by molar-refractivity contribution is 0.343. The van der Waals surface area contributed by atoms with Crippen LogP contribution in [0.3, 0.4) is 0 Å². The number of hydrogen-bond donors (Lipinski definition) is 1. The van der Waals surface area contributed by atoms with Crippen molar-refractivity contribution in [1.82, 2.24) is 19.6 Å². The number of nitrogens with zero attached hydrogens (tertiary/aromatic N) is 4. The molecule has 0 atom stereocenters. The molecule has 7 heteroatoms. The quantitative estimate of drug-likeness (QED) is 0.709. The lowest BCUT2D eigenvalue weighted by atomic mass is 10.6. The number of anilines is 1. The molecule has 2 heterocycles. The van der Waals surface area contributed by atoms with E-state index in [1.165, 1.54) is 18.7 Å². The topological polar surface area (TPSA) is 87.6 Å². The SMILES string of the molecule is COc1cc2nc(N)nn2c(OC)n1. The molecule has 7 nitrogen and oxygen atoms in total. The average molecular weight is 195 g/mol. The smallest absolute Gasteiger partial charge is 0.322 e. The molecule has 0 aliphatic carbocycles. The van der Waals surface area contributed by atoms with Crippen LogP contribution in [0.4, 0.5) is 5.95 Å². The monoisotopic (exact) mass is 195 g/mol. The van der Waals surface area contributed by atoms with Crippen LogP contribution in [0, 0.1) is 0 Å². The number of nitrogen functional groups attached to an aromatic ring is 1. The summed E-state index contributed by atoms with van der Waals surface area (Å²) in [7, 11) is 3.00. The summed E-state index contributed by atoms with van der Waals surface area (Å²) < 4.78 is 11.4. The maximum Gasteiger partial charge on any atom is 0.322 e. The number of methoxy groups -OCH3 is 2. The fourth-order valence-electron chi connectivity index (χ4n) is 1.10. The minimum absolute atomic E-state index is 0.165. The summed E-state index contributed by atoms with van der Waals surface area (Å²) in [5.41, 5.74) is 5.97. The van der Waals surface area contributed by atoms with E-state index in [9.17, 15) is 0 Å². The molecule has 14 heavy (non-hydrogen) atoms. The Balaban J connectivity index is 2.72. The first-order valence-corrected chi connectivity index (χ1v) is 3.86. The molecule has 0 saturated carbocycles. The molecular formula is C7H9N5O2. The molecule has 0 unspecified atom stereocenters. The van der Waals surface area contributed by atoms with Gasteiger partial charge in [0.05, 0.1) is 14.2 Å². The molecule has 2 rings (SSSR count). The van der Waals surface area contributed by atoms with Crippen molar-refractivity contribution in [2.75, 3.05) is 20.0 Å². The van der Waals surface area contributed by atoms with Gasteiger partial charge in [-0.25, -0.2) is 0 Å². The molecule has 0 aromatic carbocycles. The third kappa shape index (κ3) is 1.18. The molecule has 0 saturated heterocycles. The van der Waals surface area contributed by atoms with E-state index >= 15 is 0 Å². The van der Waals surface area contributed by atoms with Crippen LogP contribution >= 0.6 is 0 Å². The summed E-state index contributed by atoms with van der Waals surface area (Å²) in [6, 6.07) is 1.90. The third-order valence-electron chi connectivity index (χ3n) is 1.68. The van der Waals surface area contributed by atoms with E-state index in [0.717, 1.165) is 0 Å². The summed E-state index contributed by atoms with van der Waals surface area (Å²) in [5, 5.41) is 3.90. The van der Waals surface area contributed by atoms with Crippen molar-refractivity contribution < 1.29 is 9.47 Å². The van der Waals surface area contributed by atoms with Crippen LogP contribution in [0.1, 0.15) is 0 Å². The van der Waals surface area contributed by atoms with Gasteiger partial charge in [-0.3, -0.25) is 0 Å². The molecule has 0 bridgehead atoms. The predicted octanol–water partition coefficient (Wildman–Crippen LogP) is -0.276. The highest BCUT2D eigenvalue weighted by molar-refractivity contribution is 5.46. The van der Waals surface area contributed by atoms with Crippen molar-refractivity contribution >= 4 is 11.6 Å². The van der Waals surface area contributed by atoms with Gasteiger partial charge < -0.3 is 15.2 Å². The zero-order valence-electron chi connectivity index (χ0n) is 7.76. The first kappa shape index (κ1) is 8.54. The summed E-state index contributed by atoms with van der Waals surface area (Å²) in [4.78, 5) is 7.97. The number of hydrogen-bond acceptors (Lipinski definition) is 6. The van der Waals surface area contributed by atoms with Crippen molar-refractivity contribution in [1.29, 1.82) is 0 Å². The highest BCUT2D eigenvalue weighted by atomic mass is 16.5. The summed E-state index contributed by atoms with van der Waals surface area (Å²) in [5.74, 6) is 0.570. The molecule has 0 spiro atoms. The number of nitrogens with two attached hydrogens (primary N) is 1. The van der Waals surface area contributed by atoms with E-state index in [4.69, 9.17) is 15.2 Å². The standard InChI is InChI=1S/C7H9N5O2/c1-13-5-3-4-9-6(8)11-12(4)7(10-5)14-2/h3H,1-2H3,(H2,8,11). The third-order valence-corrected chi connectivity index (χ3v) is 1.68. The average Bonchev–Trinajstić information content (AvgIpc) is 2.56. The van der Waals surface area contributed by atoms with Gasteiger partial charge in [0.25, 0.3) is 0 Å². The number of rotatable bonds is 2. The Hall–Kier alpha value is -2.05. The highest BCUT2D eigenvalue weighted by Crippen LogP contribution is 2.17. The molecule has 74 valence electrons. The molecule has 0 aliphatic rings. The number of fused-ring (bicyclic) bond motifs is 1. The fourth-order valence-corrected chi connectivity index (χ4v) is 1.10. The Labute approximate surface area is 79.5 Å². The van der Waals surface area contributed by atoms with E-state index in [-0.39, 0.29) is 12.0 Å². The normalized spacial score (nSPS) is 10.4. The van der Waals surface area contributed by atoms with Crippen molar-refractivity contribution in [3.63, 3.8) is 0 Å². The molecular weight excluding hydrogens is 186 g/mol. The Morgan fingerprint density at radius 2 is 2.07 bits per heavy atom. The molecule has 0 aliphatic heterocycles. The second kappa shape index (κ2) is 3.02. The van der Waals surface area contributed by atoms with Gasteiger partial charge in [0.2, 0.25) is 11.8 Å². The van der Waals surface area contributed by atoms with Crippen LogP contribution in [-0.2, 0) is 0 Å². The van der Waals surface area contributed by atoms with Crippen LogP contribution < -0.4 is 15.2 Å². The van der Waals surface area contributed by atoms with Gasteiger partial charge in [-0.15, -0.1) is 5.10 Å². The van der Waals surface area contributed by atoms with Crippen LogP contribution in [-0.4, -0.2) is 33.8 Å². The van der Waals surface area contributed by atoms with Gasteiger partial charge >= 0.3 is 6.01 Å². The van der Waals surface area contributed by atoms with E-state index in [0.29, 0.717) is 11.5 Å². The zero-order valence-corrected chi connectivity index (χ0v) is 7.76. The van der Waals surface area contributed by atoms with Gasteiger partial charge in [-0.1, -0.05) is 0 Å². The number of aromatic nitrogens is 4. The van der Waals surface area contributed by atoms with Crippen LogP contribution in [0.5, 0.6) is 11.9 Å². The minimum Gasteiger partial charge on any atom is -0.481 e. The first-order valence-electron chi connectivity index (χ1n) is 3.86. The van der Waals surface area contributed by atoms with Crippen molar-refractivity contribution in [3.8, 4) is 11.9 Å². The van der Waals surface area contributed by atoms with E-state index < -0.39 is 0 Å². The van der Waals surface area contributed by atoms with Crippen molar-refractivity contribution in [2.45, 2.75) is 0 Å². The fraction of sp³-hybridized carbons (Fsp3) is 0.286. The zero-order chi connectivity index (χ0) is 10.1. The second-order valence-corrected chi connectivity index (χ2v) is 2.53. The van der Waals surface area contributed by atoms with Gasteiger partial charge in [-0.05, 0) is 0 Å². The minimum atomic E-state index is 0.165. The van der Waals surface area contributed by atoms with E-state index in [2.05, 4.69) is 15.1 Å².